The molecule has 0 saturated carbocycles. The molecule has 0 spiro atoms. The van der Waals surface area contributed by atoms with E-state index in [4.69, 9.17) is 5.73 Å². The van der Waals surface area contributed by atoms with Crippen LogP contribution in [0.15, 0.2) is 48.5 Å². The highest BCUT2D eigenvalue weighted by Gasteiger charge is 2.07. The lowest BCUT2D eigenvalue weighted by atomic mass is 9.95. The highest BCUT2D eigenvalue weighted by Crippen LogP contribution is 2.16. The second-order valence-electron chi connectivity index (χ2n) is 5.99. The molecular weight excluding hydrogens is 242 g/mol. The lowest BCUT2D eigenvalue weighted by molar-refractivity contribution is 0.662. The fourth-order valence-electron chi connectivity index (χ4n) is 2.54. The van der Waals surface area contributed by atoms with E-state index in [1.807, 2.05) is 0 Å². The van der Waals surface area contributed by atoms with Gasteiger partial charge in [-0.2, -0.15) is 0 Å². The van der Waals surface area contributed by atoms with Gasteiger partial charge in [-0.05, 0) is 47.9 Å². The molecule has 0 bridgehead atoms. The van der Waals surface area contributed by atoms with Crippen LogP contribution < -0.4 is 5.73 Å². The Kier molecular flexibility index (Phi) is 4.97. The van der Waals surface area contributed by atoms with Gasteiger partial charge in [0.2, 0.25) is 0 Å². The topological polar surface area (TPSA) is 26.0 Å². The van der Waals surface area contributed by atoms with Gasteiger partial charge in [0.1, 0.15) is 0 Å². The van der Waals surface area contributed by atoms with Crippen molar-refractivity contribution < 1.29 is 0 Å². The third kappa shape index (κ3) is 3.94. The average molecular weight is 267 g/mol. The van der Waals surface area contributed by atoms with Crippen molar-refractivity contribution in [1.29, 1.82) is 0 Å². The number of nitrogens with two attached hydrogens (primary N) is 1. The Morgan fingerprint density at radius 2 is 1.55 bits per heavy atom. The van der Waals surface area contributed by atoms with Crippen molar-refractivity contribution >= 4 is 0 Å². The van der Waals surface area contributed by atoms with Crippen LogP contribution in [0, 0.1) is 6.92 Å². The summed E-state index contributed by atoms with van der Waals surface area (Å²) in [5.41, 5.74) is 11.7. The molecule has 0 aliphatic carbocycles. The van der Waals surface area contributed by atoms with Gasteiger partial charge in [-0.25, -0.2) is 0 Å². The van der Waals surface area contributed by atoms with Gasteiger partial charge in [-0.1, -0.05) is 62.4 Å². The summed E-state index contributed by atoms with van der Waals surface area (Å²) in [7, 11) is 0. The molecule has 1 heteroatoms. The maximum atomic E-state index is 6.30. The SMILES string of the molecule is Cc1ccccc1CC(N)Cc1ccc(C(C)C)cc1. The van der Waals surface area contributed by atoms with Crippen molar-refractivity contribution in [3.8, 4) is 0 Å². The monoisotopic (exact) mass is 267 g/mol. The van der Waals surface area contributed by atoms with E-state index < -0.39 is 0 Å². The highest BCUT2D eigenvalue weighted by atomic mass is 14.6. The van der Waals surface area contributed by atoms with Gasteiger partial charge in [0.25, 0.3) is 0 Å². The zero-order chi connectivity index (χ0) is 14.5. The summed E-state index contributed by atoms with van der Waals surface area (Å²) >= 11 is 0. The van der Waals surface area contributed by atoms with Gasteiger partial charge < -0.3 is 5.73 Å². The fraction of sp³-hybridized carbons (Fsp3) is 0.368. The lowest BCUT2D eigenvalue weighted by Gasteiger charge is -2.14. The molecule has 0 aromatic heterocycles. The molecule has 0 heterocycles. The first-order valence-corrected chi connectivity index (χ1v) is 7.45. The van der Waals surface area contributed by atoms with E-state index in [1.54, 1.807) is 0 Å². The van der Waals surface area contributed by atoms with Crippen molar-refractivity contribution in [2.24, 2.45) is 5.73 Å². The van der Waals surface area contributed by atoms with Crippen molar-refractivity contribution in [3.63, 3.8) is 0 Å². The van der Waals surface area contributed by atoms with Gasteiger partial charge in [0, 0.05) is 6.04 Å². The predicted molar refractivity (Wildman–Crippen MR) is 87.1 cm³/mol. The minimum atomic E-state index is 0.181. The number of rotatable bonds is 5. The molecule has 2 aromatic rings. The van der Waals surface area contributed by atoms with Crippen LogP contribution in [0.25, 0.3) is 0 Å². The molecule has 0 aliphatic rings. The van der Waals surface area contributed by atoms with Gasteiger partial charge in [0.15, 0.2) is 0 Å². The Bertz CT molecular complexity index is 540. The lowest BCUT2D eigenvalue weighted by Crippen LogP contribution is -2.25. The van der Waals surface area contributed by atoms with Crippen molar-refractivity contribution in [2.45, 2.75) is 45.6 Å². The van der Waals surface area contributed by atoms with Crippen LogP contribution >= 0.6 is 0 Å². The van der Waals surface area contributed by atoms with E-state index in [2.05, 4.69) is 69.3 Å². The van der Waals surface area contributed by atoms with Gasteiger partial charge in [0.05, 0.1) is 0 Å². The first-order chi connectivity index (χ1) is 9.56. The smallest absolute Gasteiger partial charge is 0.0120 e. The van der Waals surface area contributed by atoms with E-state index >= 15 is 0 Å². The summed E-state index contributed by atoms with van der Waals surface area (Å²) < 4.78 is 0. The van der Waals surface area contributed by atoms with E-state index in [0.29, 0.717) is 5.92 Å². The summed E-state index contributed by atoms with van der Waals surface area (Å²) in [6.07, 6.45) is 1.88. The maximum absolute atomic E-state index is 6.30. The van der Waals surface area contributed by atoms with Crippen LogP contribution in [0.2, 0.25) is 0 Å². The second kappa shape index (κ2) is 6.71. The van der Waals surface area contributed by atoms with Crippen LogP contribution in [-0.2, 0) is 12.8 Å². The molecule has 0 aliphatic heterocycles. The molecule has 20 heavy (non-hydrogen) atoms. The minimum absolute atomic E-state index is 0.181. The Morgan fingerprint density at radius 3 is 2.15 bits per heavy atom. The molecule has 0 radical (unpaired) electrons. The van der Waals surface area contributed by atoms with E-state index in [9.17, 15) is 0 Å². The average Bonchev–Trinajstić information content (AvgIpc) is 2.42. The first-order valence-electron chi connectivity index (χ1n) is 7.45. The molecule has 0 amide bonds. The largest absolute Gasteiger partial charge is 0.327 e. The van der Waals surface area contributed by atoms with Gasteiger partial charge >= 0.3 is 0 Å². The number of benzene rings is 2. The summed E-state index contributed by atoms with van der Waals surface area (Å²) in [5, 5.41) is 0. The molecule has 1 unspecified atom stereocenters. The van der Waals surface area contributed by atoms with Gasteiger partial charge in [-0.3, -0.25) is 0 Å². The summed E-state index contributed by atoms with van der Waals surface area (Å²) in [6.45, 7) is 6.59. The van der Waals surface area contributed by atoms with E-state index in [0.717, 1.165) is 12.8 Å². The Labute approximate surface area is 122 Å². The summed E-state index contributed by atoms with van der Waals surface area (Å²) in [5.74, 6) is 0.588. The Hall–Kier alpha value is -1.60. The number of hydrogen-bond donors (Lipinski definition) is 1. The zero-order valence-corrected chi connectivity index (χ0v) is 12.8. The van der Waals surface area contributed by atoms with Crippen molar-refractivity contribution in [1.82, 2.24) is 0 Å². The molecule has 1 atom stereocenters. The third-order valence-electron chi connectivity index (χ3n) is 3.89. The molecule has 0 saturated heterocycles. The third-order valence-corrected chi connectivity index (χ3v) is 3.89. The second-order valence-corrected chi connectivity index (χ2v) is 5.99. The molecule has 2 aromatic carbocycles. The van der Waals surface area contributed by atoms with Crippen LogP contribution in [0.1, 0.15) is 42.0 Å². The number of aryl methyl sites for hydroxylation is 1. The quantitative estimate of drug-likeness (QED) is 0.862. The Balaban J connectivity index is 1.97. The van der Waals surface area contributed by atoms with Crippen LogP contribution in [-0.4, -0.2) is 6.04 Å². The predicted octanol–water partition coefficient (Wildman–Crippen LogP) is 4.23. The summed E-state index contributed by atoms with van der Waals surface area (Å²) in [4.78, 5) is 0. The first kappa shape index (κ1) is 14.8. The fourth-order valence-corrected chi connectivity index (χ4v) is 2.54. The zero-order valence-electron chi connectivity index (χ0n) is 12.8. The van der Waals surface area contributed by atoms with Crippen LogP contribution in [0.3, 0.4) is 0 Å². The van der Waals surface area contributed by atoms with Crippen molar-refractivity contribution in [2.75, 3.05) is 0 Å². The van der Waals surface area contributed by atoms with Gasteiger partial charge in [-0.15, -0.1) is 0 Å². The molecule has 1 nitrogen and oxygen atoms in total. The molecule has 2 rings (SSSR count). The van der Waals surface area contributed by atoms with Crippen LogP contribution in [0.5, 0.6) is 0 Å². The normalized spacial score (nSPS) is 12.7. The van der Waals surface area contributed by atoms with Crippen LogP contribution in [0.4, 0.5) is 0 Å². The maximum Gasteiger partial charge on any atom is 0.0120 e. The highest BCUT2D eigenvalue weighted by molar-refractivity contribution is 5.28. The summed E-state index contributed by atoms with van der Waals surface area (Å²) in [6, 6.07) is 17.6. The van der Waals surface area contributed by atoms with E-state index in [-0.39, 0.29) is 6.04 Å². The minimum Gasteiger partial charge on any atom is -0.327 e. The van der Waals surface area contributed by atoms with E-state index in [1.165, 1.54) is 22.3 Å². The Morgan fingerprint density at radius 1 is 0.900 bits per heavy atom. The molecular formula is C19H25N. The molecule has 106 valence electrons. The number of hydrogen-bond acceptors (Lipinski definition) is 1. The van der Waals surface area contributed by atoms with Crippen molar-refractivity contribution in [3.05, 3.63) is 70.8 Å². The molecule has 2 N–H and O–H groups in total. The molecule has 0 fully saturated rings. The standard InChI is InChI=1S/C19H25N/c1-14(2)17-10-8-16(9-11-17)12-19(20)13-18-7-5-4-6-15(18)3/h4-11,14,19H,12-13,20H2,1-3H3.